The predicted molar refractivity (Wildman–Crippen MR) is 91.7 cm³/mol. The second kappa shape index (κ2) is 8.41. The average Bonchev–Trinajstić information content (AvgIpc) is 2.62. The van der Waals surface area contributed by atoms with Crippen molar-refractivity contribution in [3.05, 3.63) is 64.8 Å². The van der Waals surface area contributed by atoms with Crippen molar-refractivity contribution >= 4 is 17.6 Å². The van der Waals surface area contributed by atoms with Gasteiger partial charge in [-0.3, -0.25) is 0 Å². The Hall–Kier alpha value is -2.58. The number of pyridine rings is 1. The Morgan fingerprint density at radius 1 is 1.26 bits per heavy atom. The number of aromatic nitrogens is 1. The lowest BCUT2D eigenvalue weighted by molar-refractivity contribution is -0.138. The zero-order chi connectivity index (χ0) is 20.2. The molecule has 0 spiro atoms. The maximum atomic E-state index is 12.7. The van der Waals surface area contributed by atoms with E-state index < -0.39 is 23.8 Å². The van der Waals surface area contributed by atoms with Crippen molar-refractivity contribution in [1.82, 2.24) is 4.98 Å². The molecule has 1 aromatic carbocycles. The Balaban J connectivity index is 2.28. The maximum Gasteiger partial charge on any atom is 0.417 e. The highest BCUT2D eigenvalue weighted by Gasteiger charge is 2.32. The summed E-state index contributed by atoms with van der Waals surface area (Å²) in [6.07, 6.45) is -4.73. The third-order valence-corrected chi connectivity index (χ3v) is 3.78. The molecule has 1 unspecified atom stereocenters. The molecule has 0 bridgehead atoms. The van der Waals surface area contributed by atoms with Crippen LogP contribution in [0.2, 0.25) is 5.02 Å². The number of halogens is 4. The molecule has 0 saturated carbocycles. The molecule has 1 atom stereocenters. The molecule has 0 aliphatic carbocycles. The first-order chi connectivity index (χ1) is 12.7. The smallest absolute Gasteiger partial charge is 0.417 e. The lowest BCUT2D eigenvalue weighted by Gasteiger charge is -2.18. The van der Waals surface area contributed by atoms with E-state index in [4.69, 9.17) is 21.1 Å². The Labute approximate surface area is 158 Å². The van der Waals surface area contributed by atoms with E-state index in [1.807, 2.05) is 0 Å². The molecular formula is C18H15ClF3NO4. The van der Waals surface area contributed by atoms with Crippen LogP contribution in [0.25, 0.3) is 0 Å². The highest BCUT2D eigenvalue weighted by molar-refractivity contribution is 6.31. The lowest BCUT2D eigenvalue weighted by Crippen LogP contribution is -2.14. The quantitative estimate of drug-likeness (QED) is 0.505. The van der Waals surface area contributed by atoms with Gasteiger partial charge in [0.15, 0.2) is 0 Å². The van der Waals surface area contributed by atoms with Crippen LogP contribution in [0.15, 0.2) is 48.7 Å². The van der Waals surface area contributed by atoms with Crippen molar-refractivity contribution in [2.75, 3.05) is 14.2 Å². The standard InChI is InChI=1S/C18H15ClF3NO4/c1-10(17(24)26-3)15(25-2)11-5-4-6-13(7-11)27-16-14(19)8-12(9-23-16)18(20,21)22/h4-9,15H,1H2,2-3H3. The monoisotopic (exact) mass is 401 g/mol. The van der Waals surface area contributed by atoms with Crippen molar-refractivity contribution in [2.24, 2.45) is 0 Å². The van der Waals surface area contributed by atoms with Crippen LogP contribution in [0, 0.1) is 0 Å². The first-order valence-corrected chi connectivity index (χ1v) is 7.85. The van der Waals surface area contributed by atoms with E-state index in [1.165, 1.54) is 20.3 Å². The average molecular weight is 402 g/mol. The van der Waals surface area contributed by atoms with Crippen LogP contribution in [0.1, 0.15) is 17.2 Å². The summed E-state index contributed by atoms with van der Waals surface area (Å²) in [5, 5.41) is -0.294. The van der Waals surface area contributed by atoms with Crippen molar-refractivity contribution in [1.29, 1.82) is 0 Å². The van der Waals surface area contributed by atoms with Gasteiger partial charge in [0.1, 0.15) is 16.9 Å². The highest BCUT2D eigenvalue weighted by atomic mass is 35.5. The number of rotatable bonds is 6. The summed E-state index contributed by atoms with van der Waals surface area (Å²) in [4.78, 5) is 15.3. The fourth-order valence-electron chi connectivity index (χ4n) is 2.23. The van der Waals surface area contributed by atoms with Crippen LogP contribution >= 0.6 is 11.6 Å². The predicted octanol–water partition coefficient (Wildman–Crippen LogP) is 4.96. The molecule has 1 aromatic heterocycles. The largest absolute Gasteiger partial charge is 0.466 e. The van der Waals surface area contributed by atoms with Gasteiger partial charge in [0.05, 0.1) is 18.2 Å². The zero-order valence-electron chi connectivity index (χ0n) is 14.3. The van der Waals surface area contributed by atoms with Crippen LogP contribution in [0.5, 0.6) is 11.6 Å². The Bertz CT molecular complexity index is 855. The van der Waals surface area contributed by atoms with Gasteiger partial charge in [-0.15, -0.1) is 0 Å². The number of carbonyl (C=O) groups excluding carboxylic acids is 1. The highest BCUT2D eigenvalue weighted by Crippen LogP contribution is 2.35. The third-order valence-electron chi connectivity index (χ3n) is 3.51. The number of hydrogen-bond acceptors (Lipinski definition) is 5. The maximum absolute atomic E-state index is 12.7. The Kier molecular flexibility index (Phi) is 6.45. The van der Waals surface area contributed by atoms with Crippen LogP contribution in [-0.2, 0) is 20.4 Å². The van der Waals surface area contributed by atoms with Crippen molar-refractivity contribution in [2.45, 2.75) is 12.3 Å². The summed E-state index contributed by atoms with van der Waals surface area (Å²) < 4.78 is 53.4. The second-order valence-electron chi connectivity index (χ2n) is 5.32. The molecule has 0 aliphatic heterocycles. The van der Waals surface area contributed by atoms with Crippen LogP contribution in [0.3, 0.4) is 0 Å². The zero-order valence-corrected chi connectivity index (χ0v) is 15.1. The molecule has 1 heterocycles. The number of benzene rings is 1. The number of ether oxygens (including phenoxy) is 3. The summed E-state index contributed by atoms with van der Waals surface area (Å²) in [7, 11) is 2.61. The van der Waals surface area contributed by atoms with Crippen molar-refractivity contribution in [3.8, 4) is 11.6 Å². The van der Waals surface area contributed by atoms with E-state index in [-0.39, 0.29) is 22.2 Å². The van der Waals surface area contributed by atoms with Crippen LogP contribution in [0.4, 0.5) is 13.2 Å². The topological polar surface area (TPSA) is 57.7 Å². The molecule has 144 valence electrons. The molecule has 27 heavy (non-hydrogen) atoms. The summed E-state index contributed by atoms with van der Waals surface area (Å²) in [6, 6.07) is 7.08. The van der Waals surface area contributed by atoms with Gasteiger partial charge in [-0.25, -0.2) is 9.78 Å². The van der Waals surface area contributed by atoms with E-state index >= 15 is 0 Å². The van der Waals surface area contributed by atoms with Gasteiger partial charge >= 0.3 is 12.1 Å². The second-order valence-corrected chi connectivity index (χ2v) is 5.72. The van der Waals surface area contributed by atoms with Gasteiger partial charge in [0.25, 0.3) is 0 Å². The van der Waals surface area contributed by atoms with E-state index in [1.54, 1.807) is 18.2 Å². The molecule has 2 aromatic rings. The van der Waals surface area contributed by atoms with Crippen molar-refractivity contribution < 1.29 is 32.2 Å². The first kappa shape index (κ1) is 20.7. The normalized spacial score (nSPS) is 12.4. The minimum absolute atomic E-state index is 0.0721. The van der Waals surface area contributed by atoms with Crippen molar-refractivity contribution in [3.63, 3.8) is 0 Å². The van der Waals surface area contributed by atoms with Gasteiger partial charge < -0.3 is 14.2 Å². The first-order valence-electron chi connectivity index (χ1n) is 7.47. The molecule has 0 fully saturated rings. The van der Waals surface area contributed by atoms with Crippen LogP contribution in [-0.4, -0.2) is 25.2 Å². The molecule has 0 N–H and O–H groups in total. The van der Waals surface area contributed by atoms with E-state index in [0.29, 0.717) is 11.8 Å². The number of alkyl halides is 3. The molecule has 5 nitrogen and oxygen atoms in total. The lowest BCUT2D eigenvalue weighted by atomic mass is 10.0. The molecule has 0 radical (unpaired) electrons. The van der Waals surface area contributed by atoms with E-state index in [0.717, 1.165) is 6.07 Å². The van der Waals surface area contributed by atoms with Gasteiger partial charge in [-0.05, 0) is 23.8 Å². The molecular weight excluding hydrogens is 387 g/mol. The fourth-order valence-corrected chi connectivity index (χ4v) is 2.43. The number of nitrogens with zero attached hydrogens (tertiary/aromatic N) is 1. The minimum Gasteiger partial charge on any atom is -0.466 e. The SMILES string of the molecule is C=C(C(=O)OC)C(OC)c1cccc(Oc2ncc(C(F)(F)F)cc2Cl)c1. The Morgan fingerprint density at radius 2 is 1.96 bits per heavy atom. The molecule has 0 saturated heterocycles. The van der Waals surface area contributed by atoms with Gasteiger partial charge in [0.2, 0.25) is 5.88 Å². The summed E-state index contributed by atoms with van der Waals surface area (Å²) in [6.45, 7) is 3.65. The number of hydrogen-bond donors (Lipinski definition) is 0. The molecule has 2 rings (SSSR count). The summed E-state index contributed by atoms with van der Waals surface area (Å²) in [5.41, 5.74) is -0.390. The molecule has 9 heteroatoms. The van der Waals surface area contributed by atoms with E-state index in [2.05, 4.69) is 16.3 Å². The third kappa shape index (κ3) is 4.99. The van der Waals surface area contributed by atoms with Crippen LogP contribution < -0.4 is 4.74 Å². The van der Waals surface area contributed by atoms with Gasteiger partial charge in [0, 0.05) is 13.3 Å². The number of carbonyl (C=O) groups is 1. The Morgan fingerprint density at radius 3 is 2.52 bits per heavy atom. The summed E-state index contributed by atoms with van der Waals surface area (Å²) in [5.74, 6) is -0.593. The fraction of sp³-hybridized carbons (Fsp3) is 0.222. The van der Waals surface area contributed by atoms with E-state index in [9.17, 15) is 18.0 Å². The minimum atomic E-state index is -4.56. The number of methoxy groups -OCH3 is 2. The molecule has 0 amide bonds. The summed E-state index contributed by atoms with van der Waals surface area (Å²) >= 11 is 5.84. The number of esters is 1. The van der Waals surface area contributed by atoms with Gasteiger partial charge in [-0.2, -0.15) is 13.2 Å². The van der Waals surface area contributed by atoms with Gasteiger partial charge in [-0.1, -0.05) is 30.3 Å². The molecule has 0 aliphatic rings.